The van der Waals surface area contributed by atoms with Crippen LogP contribution in [0.25, 0.3) is 0 Å². The second-order valence-electron chi connectivity index (χ2n) is 6.93. The van der Waals surface area contributed by atoms with Crippen LogP contribution in [0.4, 0.5) is 0 Å². The number of sulfonamides is 1. The van der Waals surface area contributed by atoms with Crippen molar-refractivity contribution in [3.63, 3.8) is 0 Å². The average Bonchev–Trinajstić information content (AvgIpc) is 2.49. The third kappa shape index (κ3) is 6.59. The first-order valence-electron chi connectivity index (χ1n) is 8.24. The van der Waals surface area contributed by atoms with Gasteiger partial charge >= 0.3 is 0 Å². The van der Waals surface area contributed by atoms with Gasteiger partial charge in [-0.3, -0.25) is 4.79 Å². The topological polar surface area (TPSA) is 101 Å². The van der Waals surface area contributed by atoms with Crippen LogP contribution in [0.1, 0.15) is 57.3 Å². The Morgan fingerprint density at radius 2 is 1.79 bits per heavy atom. The minimum absolute atomic E-state index is 0.0663. The molecule has 0 saturated carbocycles. The van der Waals surface area contributed by atoms with E-state index in [0.29, 0.717) is 12.1 Å². The van der Waals surface area contributed by atoms with Crippen molar-refractivity contribution >= 4 is 15.9 Å². The maximum absolute atomic E-state index is 12.2. The van der Waals surface area contributed by atoms with Crippen LogP contribution in [0.15, 0.2) is 29.2 Å². The van der Waals surface area contributed by atoms with Gasteiger partial charge < -0.3 is 11.1 Å². The van der Waals surface area contributed by atoms with Crippen LogP contribution < -0.4 is 15.8 Å². The summed E-state index contributed by atoms with van der Waals surface area (Å²) in [4.78, 5) is 12.4. The molecule has 1 rings (SSSR count). The van der Waals surface area contributed by atoms with Gasteiger partial charge in [-0.15, -0.1) is 0 Å². The fourth-order valence-corrected chi connectivity index (χ4v) is 3.63. The molecule has 24 heavy (non-hydrogen) atoms. The van der Waals surface area contributed by atoms with Crippen LogP contribution in [0.2, 0.25) is 0 Å². The lowest BCUT2D eigenvalue weighted by molar-refractivity contribution is 0.0935. The molecule has 0 aliphatic carbocycles. The van der Waals surface area contributed by atoms with E-state index in [4.69, 9.17) is 5.73 Å². The van der Waals surface area contributed by atoms with Crippen LogP contribution in [0.5, 0.6) is 0 Å². The zero-order valence-corrected chi connectivity index (χ0v) is 15.7. The predicted molar refractivity (Wildman–Crippen MR) is 96.4 cm³/mol. The van der Waals surface area contributed by atoms with Crippen LogP contribution in [-0.2, 0) is 10.0 Å². The highest BCUT2D eigenvalue weighted by molar-refractivity contribution is 7.89. The van der Waals surface area contributed by atoms with Gasteiger partial charge in [-0.05, 0) is 51.5 Å². The normalized spacial score (nSPS) is 13.5. The van der Waals surface area contributed by atoms with Crippen molar-refractivity contribution in [2.45, 2.75) is 63.4 Å². The van der Waals surface area contributed by atoms with Crippen molar-refractivity contribution in [1.29, 1.82) is 0 Å². The van der Waals surface area contributed by atoms with Crippen molar-refractivity contribution < 1.29 is 13.2 Å². The SMILES string of the molecule is CCCCC(CN)NC(=O)c1ccc(S(=O)(=O)NC(C)(C)C)cc1. The van der Waals surface area contributed by atoms with E-state index in [1.165, 1.54) is 24.3 Å². The van der Waals surface area contributed by atoms with Crippen LogP contribution in [0, 0.1) is 0 Å². The molecule has 1 atom stereocenters. The molecule has 136 valence electrons. The van der Waals surface area contributed by atoms with Crippen molar-refractivity contribution in [2.75, 3.05) is 6.54 Å². The maximum Gasteiger partial charge on any atom is 0.251 e. The lowest BCUT2D eigenvalue weighted by Gasteiger charge is -2.20. The van der Waals surface area contributed by atoms with Gasteiger partial charge in [0.15, 0.2) is 0 Å². The molecular weight excluding hydrogens is 326 g/mol. The molecule has 0 spiro atoms. The Labute approximate surface area is 145 Å². The third-order valence-corrected chi connectivity index (χ3v) is 5.17. The van der Waals surface area contributed by atoms with E-state index in [2.05, 4.69) is 17.0 Å². The molecule has 4 N–H and O–H groups in total. The summed E-state index contributed by atoms with van der Waals surface area (Å²) in [6.07, 6.45) is 2.87. The largest absolute Gasteiger partial charge is 0.348 e. The number of nitrogens with one attached hydrogen (secondary N) is 2. The number of carbonyl (C=O) groups is 1. The van der Waals surface area contributed by atoms with Crippen LogP contribution in [0.3, 0.4) is 0 Å². The van der Waals surface area contributed by atoms with Gasteiger partial charge in [0, 0.05) is 23.7 Å². The Balaban J connectivity index is 2.81. The minimum atomic E-state index is -3.60. The van der Waals surface area contributed by atoms with E-state index < -0.39 is 15.6 Å². The van der Waals surface area contributed by atoms with Gasteiger partial charge in [-0.25, -0.2) is 13.1 Å². The molecule has 0 saturated heterocycles. The summed E-state index contributed by atoms with van der Waals surface area (Å²) in [6.45, 7) is 7.79. The predicted octanol–water partition coefficient (Wildman–Crippen LogP) is 2.01. The number of amides is 1. The summed E-state index contributed by atoms with van der Waals surface area (Å²) in [5, 5.41) is 2.89. The molecule has 1 unspecified atom stereocenters. The van der Waals surface area contributed by atoms with Gasteiger partial charge in [0.25, 0.3) is 5.91 Å². The quantitative estimate of drug-likeness (QED) is 0.664. The molecule has 0 aliphatic heterocycles. The summed E-state index contributed by atoms with van der Waals surface area (Å²) in [7, 11) is -3.60. The molecule has 0 heterocycles. The first-order valence-corrected chi connectivity index (χ1v) is 9.72. The minimum Gasteiger partial charge on any atom is -0.348 e. The number of hydrogen-bond acceptors (Lipinski definition) is 4. The van der Waals surface area contributed by atoms with Crippen molar-refractivity contribution in [3.8, 4) is 0 Å². The number of nitrogens with two attached hydrogens (primary N) is 1. The molecule has 0 aromatic heterocycles. The summed E-state index contributed by atoms with van der Waals surface area (Å²) in [6, 6.07) is 5.84. The van der Waals surface area contributed by atoms with Gasteiger partial charge in [0.05, 0.1) is 4.90 Å². The second-order valence-corrected chi connectivity index (χ2v) is 8.61. The molecule has 7 heteroatoms. The van der Waals surface area contributed by atoms with E-state index in [9.17, 15) is 13.2 Å². The third-order valence-electron chi connectivity index (χ3n) is 3.39. The standard InChI is InChI=1S/C17H29N3O3S/c1-5-6-7-14(12-18)19-16(21)13-8-10-15(11-9-13)24(22,23)20-17(2,3)4/h8-11,14,20H,5-7,12,18H2,1-4H3,(H,19,21). The molecular formula is C17H29N3O3S. The van der Waals surface area contributed by atoms with Crippen LogP contribution >= 0.6 is 0 Å². The van der Waals surface area contributed by atoms with Crippen molar-refractivity contribution in [2.24, 2.45) is 5.73 Å². The molecule has 0 fully saturated rings. The summed E-state index contributed by atoms with van der Waals surface area (Å²) in [5.41, 5.74) is 5.53. The maximum atomic E-state index is 12.2. The molecule has 1 amide bonds. The molecule has 1 aromatic carbocycles. The number of hydrogen-bond donors (Lipinski definition) is 3. The zero-order valence-electron chi connectivity index (χ0n) is 14.9. The monoisotopic (exact) mass is 355 g/mol. The molecule has 0 aliphatic rings. The van der Waals surface area contributed by atoms with E-state index >= 15 is 0 Å². The van der Waals surface area contributed by atoms with Gasteiger partial charge in [-0.1, -0.05) is 19.8 Å². The van der Waals surface area contributed by atoms with E-state index in [1.807, 2.05) is 0 Å². The number of benzene rings is 1. The summed E-state index contributed by atoms with van der Waals surface area (Å²) >= 11 is 0. The average molecular weight is 356 g/mol. The van der Waals surface area contributed by atoms with Gasteiger partial charge in [-0.2, -0.15) is 0 Å². The fraction of sp³-hybridized carbons (Fsp3) is 0.588. The highest BCUT2D eigenvalue weighted by atomic mass is 32.2. The Hall–Kier alpha value is -1.44. The lowest BCUT2D eigenvalue weighted by Crippen LogP contribution is -2.41. The van der Waals surface area contributed by atoms with E-state index in [1.54, 1.807) is 20.8 Å². The first kappa shape index (κ1) is 20.6. The summed E-state index contributed by atoms with van der Waals surface area (Å²) in [5.74, 6) is -0.241. The number of carbonyl (C=O) groups excluding carboxylic acids is 1. The highest BCUT2D eigenvalue weighted by Crippen LogP contribution is 2.14. The smallest absolute Gasteiger partial charge is 0.251 e. The molecule has 6 nitrogen and oxygen atoms in total. The first-order chi connectivity index (χ1) is 11.1. The Morgan fingerprint density at radius 1 is 1.21 bits per heavy atom. The number of unbranched alkanes of at least 4 members (excludes halogenated alkanes) is 1. The molecule has 0 bridgehead atoms. The molecule has 0 radical (unpaired) electrons. The fourth-order valence-electron chi connectivity index (χ4n) is 2.22. The molecule has 1 aromatic rings. The van der Waals surface area contributed by atoms with E-state index in [-0.39, 0.29) is 16.8 Å². The van der Waals surface area contributed by atoms with Gasteiger partial charge in [0.2, 0.25) is 10.0 Å². The van der Waals surface area contributed by atoms with E-state index in [0.717, 1.165) is 19.3 Å². The van der Waals surface area contributed by atoms with Crippen molar-refractivity contribution in [1.82, 2.24) is 10.0 Å². The Bertz CT molecular complexity index is 634. The van der Waals surface area contributed by atoms with Crippen LogP contribution in [-0.4, -0.2) is 32.5 Å². The number of rotatable bonds is 8. The van der Waals surface area contributed by atoms with Gasteiger partial charge in [0.1, 0.15) is 0 Å². The Morgan fingerprint density at radius 3 is 2.25 bits per heavy atom. The Kier molecular flexibility index (Phi) is 7.38. The second kappa shape index (κ2) is 8.60. The summed E-state index contributed by atoms with van der Waals surface area (Å²) < 4.78 is 27.1. The van der Waals surface area contributed by atoms with Crippen molar-refractivity contribution in [3.05, 3.63) is 29.8 Å². The zero-order chi connectivity index (χ0) is 18.4. The lowest BCUT2D eigenvalue weighted by atomic mass is 10.1. The highest BCUT2D eigenvalue weighted by Gasteiger charge is 2.22.